The van der Waals surface area contributed by atoms with Gasteiger partial charge in [0.25, 0.3) is 0 Å². The number of hydrogen-bond acceptors (Lipinski definition) is 2. The summed E-state index contributed by atoms with van der Waals surface area (Å²) in [7, 11) is 0. The van der Waals surface area contributed by atoms with Crippen LogP contribution in [0.1, 0.15) is 17.0 Å². The molecule has 1 aliphatic heterocycles. The zero-order chi connectivity index (χ0) is 9.97. The number of rotatable bonds is 2. The Bertz CT molecular complexity index is 389. The fraction of sp³-hybridized carbons (Fsp3) is 0.0833. The van der Waals surface area contributed by atoms with Crippen LogP contribution >= 0.6 is 11.8 Å². The standard InChI is InChI=1S/C12H10OS/c1-2-9-3-5-10(6-4-9)11-7-8-14-12(11)13/h2-8,11H,1H2. The van der Waals surface area contributed by atoms with Crippen LogP contribution in [0.3, 0.4) is 0 Å². The van der Waals surface area contributed by atoms with Gasteiger partial charge in [0.15, 0.2) is 0 Å². The predicted molar refractivity (Wildman–Crippen MR) is 61.0 cm³/mol. The van der Waals surface area contributed by atoms with E-state index < -0.39 is 0 Å². The average Bonchev–Trinajstić information content (AvgIpc) is 2.65. The van der Waals surface area contributed by atoms with Crippen molar-refractivity contribution >= 4 is 23.0 Å². The Morgan fingerprint density at radius 3 is 2.50 bits per heavy atom. The van der Waals surface area contributed by atoms with Crippen LogP contribution in [0.5, 0.6) is 0 Å². The molecule has 1 nitrogen and oxygen atoms in total. The predicted octanol–water partition coefficient (Wildman–Crippen LogP) is 3.20. The summed E-state index contributed by atoms with van der Waals surface area (Å²) in [5, 5.41) is 2.06. The van der Waals surface area contributed by atoms with Gasteiger partial charge < -0.3 is 0 Å². The van der Waals surface area contributed by atoms with Crippen LogP contribution in [0.2, 0.25) is 0 Å². The van der Waals surface area contributed by atoms with Crippen molar-refractivity contribution in [3.63, 3.8) is 0 Å². The van der Waals surface area contributed by atoms with E-state index in [9.17, 15) is 4.79 Å². The van der Waals surface area contributed by atoms with E-state index in [1.165, 1.54) is 11.8 Å². The number of allylic oxidation sites excluding steroid dienone is 1. The van der Waals surface area contributed by atoms with Crippen molar-refractivity contribution < 1.29 is 4.79 Å². The Kier molecular flexibility index (Phi) is 2.55. The van der Waals surface area contributed by atoms with Gasteiger partial charge in [0.2, 0.25) is 5.12 Å². The molecule has 14 heavy (non-hydrogen) atoms. The molecule has 0 saturated carbocycles. The molecule has 0 aliphatic carbocycles. The maximum atomic E-state index is 11.4. The van der Waals surface area contributed by atoms with Gasteiger partial charge in [-0.05, 0) is 16.5 Å². The van der Waals surface area contributed by atoms with Gasteiger partial charge in [0.05, 0.1) is 5.92 Å². The molecule has 1 aromatic carbocycles. The first-order valence-electron chi connectivity index (χ1n) is 4.41. The van der Waals surface area contributed by atoms with E-state index >= 15 is 0 Å². The van der Waals surface area contributed by atoms with Gasteiger partial charge >= 0.3 is 0 Å². The molecule has 1 aromatic rings. The van der Waals surface area contributed by atoms with Gasteiger partial charge in [-0.1, -0.05) is 54.8 Å². The molecule has 2 rings (SSSR count). The first-order chi connectivity index (χ1) is 6.81. The maximum Gasteiger partial charge on any atom is 0.204 e. The van der Waals surface area contributed by atoms with Crippen molar-refractivity contribution in [3.05, 3.63) is 53.5 Å². The minimum atomic E-state index is -0.0566. The molecule has 1 unspecified atom stereocenters. The molecule has 2 heteroatoms. The molecule has 0 aromatic heterocycles. The quantitative estimate of drug-likeness (QED) is 0.732. The molecule has 0 spiro atoms. The van der Waals surface area contributed by atoms with Gasteiger partial charge in [-0.15, -0.1) is 0 Å². The second-order valence-corrected chi connectivity index (χ2v) is 4.02. The summed E-state index contributed by atoms with van der Waals surface area (Å²) in [6, 6.07) is 7.92. The Labute approximate surface area is 87.5 Å². The molecule has 0 bridgehead atoms. The lowest BCUT2D eigenvalue weighted by Crippen LogP contribution is -2.01. The summed E-state index contributed by atoms with van der Waals surface area (Å²) in [6.45, 7) is 3.69. The molecule has 0 saturated heterocycles. The smallest absolute Gasteiger partial charge is 0.204 e. The molecule has 0 N–H and O–H groups in total. The molecule has 70 valence electrons. The lowest BCUT2D eigenvalue weighted by molar-refractivity contribution is -0.111. The van der Waals surface area contributed by atoms with Crippen molar-refractivity contribution in [2.24, 2.45) is 0 Å². The molecule has 1 aliphatic rings. The summed E-state index contributed by atoms with van der Waals surface area (Å²) in [5.41, 5.74) is 2.14. The summed E-state index contributed by atoms with van der Waals surface area (Å²) in [5.74, 6) is -0.0566. The van der Waals surface area contributed by atoms with Crippen LogP contribution in [-0.2, 0) is 4.79 Å². The molecule has 0 amide bonds. The fourth-order valence-electron chi connectivity index (χ4n) is 1.42. The highest BCUT2D eigenvalue weighted by Gasteiger charge is 2.21. The summed E-state index contributed by atoms with van der Waals surface area (Å²) >= 11 is 1.27. The van der Waals surface area contributed by atoms with Crippen molar-refractivity contribution in [2.45, 2.75) is 5.92 Å². The zero-order valence-corrected chi connectivity index (χ0v) is 8.46. The Hall–Kier alpha value is -1.28. The van der Waals surface area contributed by atoms with Crippen LogP contribution in [0.4, 0.5) is 0 Å². The highest BCUT2D eigenvalue weighted by molar-refractivity contribution is 8.16. The lowest BCUT2D eigenvalue weighted by atomic mass is 9.99. The zero-order valence-electron chi connectivity index (χ0n) is 7.64. The highest BCUT2D eigenvalue weighted by atomic mass is 32.2. The minimum Gasteiger partial charge on any atom is -0.286 e. The van der Waals surface area contributed by atoms with Gasteiger partial charge in [-0.3, -0.25) is 4.79 Å². The van der Waals surface area contributed by atoms with Crippen LogP contribution < -0.4 is 0 Å². The van der Waals surface area contributed by atoms with Gasteiger partial charge in [0, 0.05) is 0 Å². The van der Waals surface area contributed by atoms with Crippen molar-refractivity contribution in [2.75, 3.05) is 0 Å². The van der Waals surface area contributed by atoms with E-state index in [2.05, 4.69) is 6.58 Å². The summed E-state index contributed by atoms with van der Waals surface area (Å²) in [4.78, 5) is 11.4. The van der Waals surface area contributed by atoms with Gasteiger partial charge in [-0.2, -0.15) is 0 Å². The van der Waals surface area contributed by atoms with E-state index in [4.69, 9.17) is 0 Å². The SMILES string of the molecule is C=Cc1ccc(C2C=CSC2=O)cc1. The topological polar surface area (TPSA) is 17.1 Å². The van der Waals surface area contributed by atoms with E-state index in [1.807, 2.05) is 35.7 Å². The summed E-state index contributed by atoms with van der Waals surface area (Å²) < 4.78 is 0. The number of benzene rings is 1. The number of hydrogen-bond donors (Lipinski definition) is 0. The largest absolute Gasteiger partial charge is 0.286 e. The molecular formula is C12H10OS. The van der Waals surface area contributed by atoms with Gasteiger partial charge in [0.1, 0.15) is 0 Å². The third-order valence-electron chi connectivity index (χ3n) is 2.24. The molecule has 0 fully saturated rings. The second-order valence-electron chi connectivity index (χ2n) is 3.11. The Morgan fingerprint density at radius 2 is 2.00 bits per heavy atom. The Morgan fingerprint density at radius 1 is 1.29 bits per heavy atom. The summed E-state index contributed by atoms with van der Waals surface area (Å²) in [6.07, 6.45) is 3.74. The van der Waals surface area contributed by atoms with Crippen LogP contribution in [0.25, 0.3) is 6.08 Å². The highest BCUT2D eigenvalue weighted by Crippen LogP contribution is 2.31. The number of carbonyl (C=O) groups excluding carboxylic acids is 1. The van der Waals surface area contributed by atoms with Crippen LogP contribution in [0.15, 0.2) is 42.3 Å². The van der Waals surface area contributed by atoms with Crippen molar-refractivity contribution in [1.29, 1.82) is 0 Å². The minimum absolute atomic E-state index is 0.0566. The van der Waals surface area contributed by atoms with Crippen molar-refractivity contribution in [1.82, 2.24) is 0 Å². The fourth-order valence-corrected chi connectivity index (χ4v) is 2.15. The third kappa shape index (κ3) is 1.66. The van der Waals surface area contributed by atoms with E-state index in [0.29, 0.717) is 0 Å². The van der Waals surface area contributed by atoms with Crippen LogP contribution in [0, 0.1) is 0 Å². The number of thioether (sulfide) groups is 1. The molecular weight excluding hydrogens is 192 g/mol. The first-order valence-corrected chi connectivity index (χ1v) is 5.29. The second kappa shape index (κ2) is 3.84. The maximum absolute atomic E-state index is 11.4. The molecule has 1 atom stereocenters. The van der Waals surface area contributed by atoms with E-state index in [0.717, 1.165) is 11.1 Å². The van der Waals surface area contributed by atoms with E-state index in [-0.39, 0.29) is 11.0 Å². The van der Waals surface area contributed by atoms with Crippen molar-refractivity contribution in [3.8, 4) is 0 Å². The molecule has 0 radical (unpaired) electrons. The lowest BCUT2D eigenvalue weighted by Gasteiger charge is -2.05. The average molecular weight is 202 g/mol. The third-order valence-corrected chi connectivity index (χ3v) is 3.02. The molecule has 1 heterocycles. The normalized spacial score (nSPS) is 20.0. The Balaban J connectivity index is 2.28. The first kappa shape index (κ1) is 9.28. The van der Waals surface area contributed by atoms with E-state index in [1.54, 1.807) is 6.08 Å². The number of carbonyl (C=O) groups is 1. The van der Waals surface area contributed by atoms with Gasteiger partial charge in [-0.25, -0.2) is 0 Å². The monoisotopic (exact) mass is 202 g/mol. The van der Waals surface area contributed by atoms with Crippen LogP contribution in [-0.4, -0.2) is 5.12 Å².